The van der Waals surface area contributed by atoms with Crippen LogP contribution in [0.1, 0.15) is 26.3 Å². The summed E-state index contributed by atoms with van der Waals surface area (Å²) in [7, 11) is 0. The number of carbonyl (C=O) groups excluding carboxylic acids is 1. The summed E-state index contributed by atoms with van der Waals surface area (Å²) in [6, 6.07) is 2.12. The molecule has 0 saturated heterocycles. The van der Waals surface area contributed by atoms with E-state index >= 15 is 0 Å². The molecule has 0 atom stereocenters. The number of hydrogen-bond acceptors (Lipinski definition) is 2. The SMILES string of the molecule is CC(C)(C)OC(=O)Nc1cc(Cl)c(C(F)(F)F)c(Br)c1. The molecule has 8 heteroatoms. The Morgan fingerprint density at radius 2 is 1.85 bits per heavy atom. The third kappa shape index (κ3) is 4.86. The van der Waals surface area contributed by atoms with Gasteiger partial charge in [-0.2, -0.15) is 13.2 Å². The summed E-state index contributed by atoms with van der Waals surface area (Å²) >= 11 is 8.38. The molecule has 0 bridgehead atoms. The Balaban J connectivity index is 2.98. The van der Waals surface area contributed by atoms with E-state index < -0.39 is 28.5 Å². The van der Waals surface area contributed by atoms with Gasteiger partial charge in [-0.3, -0.25) is 5.32 Å². The molecule has 0 saturated carbocycles. The molecule has 112 valence electrons. The van der Waals surface area contributed by atoms with Crippen molar-refractivity contribution in [1.29, 1.82) is 0 Å². The van der Waals surface area contributed by atoms with Crippen molar-refractivity contribution in [3.8, 4) is 0 Å². The number of anilines is 1. The van der Waals surface area contributed by atoms with Crippen molar-refractivity contribution < 1.29 is 22.7 Å². The van der Waals surface area contributed by atoms with Crippen LogP contribution in [0.25, 0.3) is 0 Å². The quantitative estimate of drug-likeness (QED) is 0.708. The van der Waals surface area contributed by atoms with Crippen LogP contribution in [0.4, 0.5) is 23.7 Å². The number of benzene rings is 1. The Hall–Kier alpha value is -0.950. The molecule has 0 spiro atoms. The number of halogens is 5. The summed E-state index contributed by atoms with van der Waals surface area (Å²) in [4.78, 5) is 11.5. The van der Waals surface area contributed by atoms with Gasteiger partial charge in [0.25, 0.3) is 0 Å². The fourth-order valence-corrected chi connectivity index (χ4v) is 2.46. The van der Waals surface area contributed by atoms with Gasteiger partial charge in [0.15, 0.2) is 0 Å². The highest BCUT2D eigenvalue weighted by Gasteiger charge is 2.36. The van der Waals surface area contributed by atoms with E-state index in [1.807, 2.05) is 0 Å². The molecule has 0 heterocycles. The van der Waals surface area contributed by atoms with Crippen molar-refractivity contribution in [3.63, 3.8) is 0 Å². The van der Waals surface area contributed by atoms with Crippen LogP contribution in [0.15, 0.2) is 16.6 Å². The molecular weight excluding hydrogens is 362 g/mol. The summed E-state index contributed by atoms with van der Waals surface area (Å²) < 4.78 is 42.8. The minimum atomic E-state index is -4.58. The molecule has 1 amide bonds. The van der Waals surface area contributed by atoms with Crippen LogP contribution < -0.4 is 5.32 Å². The van der Waals surface area contributed by atoms with Crippen LogP contribution in [0.3, 0.4) is 0 Å². The predicted molar refractivity (Wildman–Crippen MR) is 74.0 cm³/mol. The van der Waals surface area contributed by atoms with E-state index in [1.54, 1.807) is 20.8 Å². The molecule has 20 heavy (non-hydrogen) atoms. The third-order valence-corrected chi connectivity index (χ3v) is 2.89. The lowest BCUT2D eigenvalue weighted by atomic mass is 10.2. The molecule has 0 aliphatic heterocycles. The second-order valence-corrected chi connectivity index (χ2v) is 6.20. The molecule has 0 fully saturated rings. The first kappa shape index (κ1) is 17.1. The maximum absolute atomic E-state index is 12.7. The molecule has 1 aromatic carbocycles. The normalized spacial score (nSPS) is 12.2. The second kappa shape index (κ2) is 5.81. The molecule has 1 rings (SSSR count). The number of hydrogen-bond donors (Lipinski definition) is 1. The third-order valence-electron chi connectivity index (χ3n) is 1.97. The van der Waals surface area contributed by atoms with E-state index in [0.717, 1.165) is 12.1 Å². The largest absolute Gasteiger partial charge is 0.444 e. The minimum absolute atomic E-state index is 0.101. The number of alkyl halides is 3. The van der Waals surface area contributed by atoms with Crippen LogP contribution in [-0.4, -0.2) is 11.7 Å². The summed E-state index contributed by atoms with van der Waals surface area (Å²) in [6.07, 6.45) is -5.36. The van der Waals surface area contributed by atoms with Gasteiger partial charge < -0.3 is 4.74 Å². The van der Waals surface area contributed by atoms with E-state index in [0.29, 0.717) is 0 Å². The Morgan fingerprint density at radius 3 is 2.25 bits per heavy atom. The van der Waals surface area contributed by atoms with Crippen molar-refractivity contribution in [2.75, 3.05) is 5.32 Å². The second-order valence-electron chi connectivity index (χ2n) is 4.94. The van der Waals surface area contributed by atoms with Crippen LogP contribution in [-0.2, 0) is 10.9 Å². The zero-order valence-corrected chi connectivity index (χ0v) is 13.2. The highest BCUT2D eigenvalue weighted by atomic mass is 79.9. The molecule has 0 aliphatic rings. The first-order chi connectivity index (χ1) is 8.90. The van der Waals surface area contributed by atoms with E-state index in [9.17, 15) is 18.0 Å². The Kier molecular flexibility index (Phi) is 4.97. The van der Waals surface area contributed by atoms with Crippen molar-refractivity contribution in [1.82, 2.24) is 0 Å². The smallest absolute Gasteiger partial charge is 0.418 e. The number of rotatable bonds is 1. The average molecular weight is 375 g/mol. The van der Waals surface area contributed by atoms with Crippen LogP contribution in [0.2, 0.25) is 5.02 Å². The van der Waals surface area contributed by atoms with Gasteiger partial charge in [-0.1, -0.05) is 27.5 Å². The molecule has 0 unspecified atom stereocenters. The van der Waals surface area contributed by atoms with Crippen molar-refractivity contribution in [3.05, 3.63) is 27.2 Å². The van der Waals surface area contributed by atoms with Crippen LogP contribution in [0.5, 0.6) is 0 Å². The fraction of sp³-hybridized carbons (Fsp3) is 0.417. The maximum atomic E-state index is 12.7. The Morgan fingerprint density at radius 1 is 1.30 bits per heavy atom. The number of nitrogens with one attached hydrogen (secondary N) is 1. The van der Waals surface area contributed by atoms with Gasteiger partial charge in [-0.25, -0.2) is 4.79 Å². The van der Waals surface area contributed by atoms with Gasteiger partial charge in [-0.05, 0) is 32.9 Å². The monoisotopic (exact) mass is 373 g/mol. The van der Waals surface area contributed by atoms with Crippen molar-refractivity contribution in [2.24, 2.45) is 0 Å². The van der Waals surface area contributed by atoms with Gasteiger partial charge in [0.05, 0.1) is 10.6 Å². The fourth-order valence-electron chi connectivity index (χ4n) is 1.34. The zero-order valence-electron chi connectivity index (χ0n) is 10.9. The van der Waals surface area contributed by atoms with Gasteiger partial charge in [0.1, 0.15) is 5.60 Å². The lowest BCUT2D eigenvalue weighted by molar-refractivity contribution is -0.138. The summed E-state index contributed by atoms with van der Waals surface area (Å²) in [5.41, 5.74) is -1.60. The van der Waals surface area contributed by atoms with Gasteiger partial charge in [0, 0.05) is 10.2 Å². The zero-order chi connectivity index (χ0) is 15.7. The highest BCUT2D eigenvalue weighted by Crippen LogP contribution is 2.41. The summed E-state index contributed by atoms with van der Waals surface area (Å²) in [6.45, 7) is 5.01. The summed E-state index contributed by atoms with van der Waals surface area (Å²) in [5, 5.41) is 1.80. The maximum Gasteiger partial charge on any atom is 0.418 e. The topological polar surface area (TPSA) is 38.3 Å². The average Bonchev–Trinajstić information content (AvgIpc) is 2.08. The highest BCUT2D eigenvalue weighted by molar-refractivity contribution is 9.10. The van der Waals surface area contributed by atoms with Crippen LogP contribution >= 0.6 is 27.5 Å². The molecule has 1 N–H and O–H groups in total. The molecule has 0 radical (unpaired) electrons. The van der Waals surface area contributed by atoms with E-state index in [4.69, 9.17) is 16.3 Å². The first-order valence-corrected chi connectivity index (χ1v) is 6.63. The Bertz CT molecular complexity index is 503. The van der Waals surface area contributed by atoms with Gasteiger partial charge in [-0.15, -0.1) is 0 Å². The van der Waals surface area contributed by atoms with Crippen LogP contribution in [0, 0.1) is 0 Å². The lowest BCUT2D eigenvalue weighted by Gasteiger charge is -2.20. The van der Waals surface area contributed by atoms with E-state index in [2.05, 4.69) is 21.2 Å². The molecule has 3 nitrogen and oxygen atoms in total. The van der Waals surface area contributed by atoms with Gasteiger partial charge >= 0.3 is 12.3 Å². The first-order valence-electron chi connectivity index (χ1n) is 5.46. The summed E-state index contributed by atoms with van der Waals surface area (Å²) in [5.74, 6) is 0. The van der Waals surface area contributed by atoms with Crippen molar-refractivity contribution >= 4 is 39.3 Å². The van der Waals surface area contributed by atoms with E-state index in [-0.39, 0.29) is 10.2 Å². The molecule has 1 aromatic rings. The molecule has 0 aromatic heterocycles. The van der Waals surface area contributed by atoms with E-state index in [1.165, 1.54) is 0 Å². The molecule has 0 aliphatic carbocycles. The number of ether oxygens (including phenoxy) is 1. The van der Waals surface area contributed by atoms with Crippen molar-refractivity contribution in [2.45, 2.75) is 32.5 Å². The van der Waals surface area contributed by atoms with Gasteiger partial charge in [0.2, 0.25) is 0 Å². The Labute approximate surface area is 127 Å². The lowest BCUT2D eigenvalue weighted by Crippen LogP contribution is -2.27. The number of carbonyl (C=O) groups is 1. The minimum Gasteiger partial charge on any atom is -0.444 e. The number of amides is 1. The predicted octanol–water partition coefficient (Wildman–Crippen LogP) is 5.47. The standard InChI is InChI=1S/C12H12BrClF3NO2/c1-11(2,3)20-10(19)18-6-4-7(13)9(8(14)5-6)12(15,16)17/h4-5H,1-3H3,(H,18,19). The molecular formula is C12H12BrClF3NO2.